The van der Waals surface area contributed by atoms with E-state index in [1.165, 1.54) is 23.3 Å². The summed E-state index contributed by atoms with van der Waals surface area (Å²) in [5.41, 5.74) is 2.30. The Bertz CT molecular complexity index is 1910. The summed E-state index contributed by atoms with van der Waals surface area (Å²) in [6.07, 6.45) is 5.12. The van der Waals surface area contributed by atoms with Crippen LogP contribution in [0.5, 0.6) is 5.75 Å². The molecule has 12 heteroatoms. The second-order valence-electron chi connectivity index (χ2n) is 10.0. The van der Waals surface area contributed by atoms with Gasteiger partial charge >= 0.3 is 13.5 Å². The smallest absolute Gasteiger partial charge is 0.364 e. The number of hydrogen-bond donors (Lipinski definition) is 1. The molecule has 45 heavy (non-hydrogen) atoms. The fourth-order valence-corrected chi connectivity index (χ4v) is 8.03. The van der Waals surface area contributed by atoms with Gasteiger partial charge in [-0.1, -0.05) is 48.5 Å². The number of esters is 1. The summed E-state index contributed by atoms with van der Waals surface area (Å²) >= 11 is 7.48. The largest absolute Gasteiger partial charge is 0.469 e. The number of methoxy groups -OCH3 is 1. The number of nitrogens with one attached hydrogen (secondary N) is 1. The number of nitrogens with zero attached hydrogens (tertiary/aromatic N) is 3. The van der Waals surface area contributed by atoms with Crippen LogP contribution in [0.25, 0.3) is 23.1 Å². The molecule has 5 rings (SSSR count). The molecule has 0 radical (unpaired) electrons. The molecule has 0 saturated heterocycles. The number of halogens is 1. The number of carbonyl (C=O) groups is 2. The van der Waals surface area contributed by atoms with Gasteiger partial charge in [0.1, 0.15) is 5.75 Å². The highest BCUT2D eigenvalue weighted by molar-refractivity contribution is 7.99. The van der Waals surface area contributed by atoms with Crippen molar-refractivity contribution in [2.24, 2.45) is 5.92 Å². The van der Waals surface area contributed by atoms with Gasteiger partial charge in [0.05, 0.1) is 41.7 Å². The minimum Gasteiger partial charge on any atom is -0.469 e. The molecule has 1 N–H and O–H groups in total. The van der Waals surface area contributed by atoms with E-state index in [0.717, 1.165) is 15.5 Å². The van der Waals surface area contributed by atoms with Gasteiger partial charge in [0.25, 0.3) is 5.91 Å². The van der Waals surface area contributed by atoms with Crippen LogP contribution in [0.3, 0.4) is 0 Å². The molecule has 2 heterocycles. The predicted octanol–water partition coefficient (Wildman–Crippen LogP) is 7.70. The van der Waals surface area contributed by atoms with Crippen LogP contribution >= 0.6 is 30.9 Å². The van der Waals surface area contributed by atoms with E-state index in [4.69, 9.17) is 26.0 Å². The number of aromatic nitrogens is 3. The molecule has 5 aromatic rings. The lowest BCUT2D eigenvalue weighted by molar-refractivity contribution is -0.144. The number of carbonyl (C=O) groups excluding carboxylic acids is 2. The Balaban J connectivity index is 1.67. The highest BCUT2D eigenvalue weighted by Crippen LogP contribution is 2.52. The molecule has 0 spiro atoms. The van der Waals surface area contributed by atoms with Gasteiger partial charge in [-0.25, -0.2) is 0 Å². The van der Waals surface area contributed by atoms with E-state index in [1.807, 2.05) is 54.6 Å². The zero-order valence-corrected chi connectivity index (χ0v) is 27.2. The van der Waals surface area contributed by atoms with Crippen molar-refractivity contribution in [3.8, 4) is 5.75 Å². The van der Waals surface area contributed by atoms with E-state index in [0.29, 0.717) is 32.9 Å². The number of benzene rings is 3. The van der Waals surface area contributed by atoms with Crippen LogP contribution in [-0.2, 0) is 14.1 Å². The molecular formula is C33H30ClN4O5PS. The van der Waals surface area contributed by atoms with E-state index < -0.39 is 19.4 Å². The summed E-state index contributed by atoms with van der Waals surface area (Å²) in [5, 5.41) is 8.67. The van der Waals surface area contributed by atoms with Crippen molar-refractivity contribution in [2.45, 2.75) is 16.7 Å². The normalized spacial score (nSPS) is 13.3. The number of pyridine rings is 1. The topological polar surface area (TPSA) is 112 Å². The van der Waals surface area contributed by atoms with Crippen LogP contribution in [0.15, 0.2) is 101 Å². The van der Waals surface area contributed by atoms with Crippen molar-refractivity contribution in [2.75, 3.05) is 20.3 Å². The third kappa shape index (κ3) is 7.48. The molecule has 0 fully saturated rings. The summed E-state index contributed by atoms with van der Waals surface area (Å²) in [5.74, 6) is -1.19. The fourth-order valence-electron chi connectivity index (χ4n) is 4.60. The van der Waals surface area contributed by atoms with Crippen LogP contribution in [0, 0.1) is 5.92 Å². The Morgan fingerprint density at radius 2 is 1.80 bits per heavy atom. The summed E-state index contributed by atoms with van der Waals surface area (Å²) in [6.45, 7) is 1.63. The first-order valence-electron chi connectivity index (χ1n) is 13.9. The number of hydrogen-bond acceptors (Lipinski definition) is 8. The minimum atomic E-state index is -3.95. The molecular weight excluding hydrogens is 631 g/mol. The zero-order valence-electron chi connectivity index (χ0n) is 24.7. The quantitative estimate of drug-likeness (QED) is 0.113. The first kappa shape index (κ1) is 32.0. The number of fused-ring (bicyclic) bond motifs is 1. The highest BCUT2D eigenvalue weighted by Gasteiger charge is 2.36. The molecule has 2 atom stereocenters. The highest BCUT2D eigenvalue weighted by atomic mass is 35.5. The summed E-state index contributed by atoms with van der Waals surface area (Å²) in [7, 11) is -1.08. The standard InChI is InChI=1S/C33H30ClN4O5PS/c1-22(33(40)42-3)21-44(41,43-25-14-11-23(34)12-15-25)38-30-20-26(45-31-10-5-4-9-28(31)32(39)35-2)16-17-27(30)29(37-38)18-13-24-8-6-7-19-36-24/h4-20,22H,21H2,1-3H3,(H,35,39)/b18-13+/t22-,44?/m1/s1. The van der Waals surface area contributed by atoms with E-state index in [1.54, 1.807) is 62.6 Å². The van der Waals surface area contributed by atoms with Crippen molar-refractivity contribution in [3.63, 3.8) is 0 Å². The molecule has 1 unspecified atom stereocenters. The molecule has 230 valence electrons. The first-order chi connectivity index (χ1) is 21.7. The summed E-state index contributed by atoms with van der Waals surface area (Å²) in [6, 6.07) is 25.0. The molecule has 1 amide bonds. The van der Waals surface area contributed by atoms with Gasteiger partial charge in [0.15, 0.2) is 0 Å². The third-order valence-electron chi connectivity index (χ3n) is 6.81. The molecule has 3 aromatic carbocycles. The molecule has 0 aliphatic carbocycles. The first-order valence-corrected chi connectivity index (χ1v) is 16.9. The molecule has 2 aromatic heterocycles. The van der Waals surface area contributed by atoms with Gasteiger partial charge in [-0.3, -0.25) is 19.1 Å². The van der Waals surface area contributed by atoms with E-state index in [-0.39, 0.29) is 12.1 Å². The van der Waals surface area contributed by atoms with Gasteiger partial charge in [0.2, 0.25) is 0 Å². The maximum Gasteiger partial charge on any atom is 0.364 e. The van der Waals surface area contributed by atoms with Gasteiger partial charge in [-0.2, -0.15) is 9.55 Å². The van der Waals surface area contributed by atoms with Crippen LogP contribution < -0.4 is 9.84 Å². The van der Waals surface area contributed by atoms with Crippen molar-refractivity contribution in [3.05, 3.63) is 113 Å². The van der Waals surface area contributed by atoms with Crippen molar-refractivity contribution in [1.29, 1.82) is 0 Å². The van der Waals surface area contributed by atoms with Crippen LogP contribution in [0.1, 0.15) is 28.7 Å². The zero-order chi connectivity index (χ0) is 32.0. The predicted molar refractivity (Wildman–Crippen MR) is 178 cm³/mol. The average Bonchev–Trinajstić information content (AvgIpc) is 3.43. The lowest BCUT2D eigenvalue weighted by atomic mass is 10.2. The monoisotopic (exact) mass is 660 g/mol. The van der Waals surface area contributed by atoms with E-state index in [2.05, 4.69) is 10.3 Å². The van der Waals surface area contributed by atoms with E-state index in [9.17, 15) is 14.2 Å². The molecule has 0 saturated carbocycles. The molecule has 9 nitrogen and oxygen atoms in total. The molecule has 0 aliphatic rings. The second kappa shape index (κ2) is 14.2. The van der Waals surface area contributed by atoms with Gasteiger partial charge in [-0.15, -0.1) is 0 Å². The lowest BCUT2D eigenvalue weighted by Crippen LogP contribution is -2.21. The molecule has 0 bridgehead atoms. The Kier molecular flexibility index (Phi) is 10.1. The third-order valence-corrected chi connectivity index (χ3v) is 10.5. The lowest BCUT2D eigenvalue weighted by Gasteiger charge is -2.22. The Morgan fingerprint density at radius 1 is 1.04 bits per heavy atom. The summed E-state index contributed by atoms with van der Waals surface area (Å²) in [4.78, 5) is 30.9. The summed E-state index contributed by atoms with van der Waals surface area (Å²) < 4.78 is 27.5. The maximum absolute atomic E-state index is 15.0. The SMILES string of the molecule is CNC(=O)c1ccccc1Sc1ccc2c(/C=C/c3ccccn3)nn(P(=O)(C[C@@H](C)C(=O)OC)Oc3ccc(Cl)cc3)c2c1. The van der Waals surface area contributed by atoms with Crippen LogP contribution in [0.4, 0.5) is 0 Å². The van der Waals surface area contributed by atoms with E-state index >= 15 is 0 Å². The minimum absolute atomic E-state index is 0.181. The Labute approximate surface area is 270 Å². The van der Waals surface area contributed by atoms with Gasteiger partial charge in [0, 0.05) is 33.4 Å². The van der Waals surface area contributed by atoms with Crippen molar-refractivity contribution < 1.29 is 23.4 Å². The van der Waals surface area contributed by atoms with Gasteiger partial charge in [-0.05, 0) is 78.9 Å². The van der Waals surface area contributed by atoms with Crippen LogP contribution in [-0.4, -0.2) is 46.7 Å². The Hall–Kier alpha value is -4.37. The Morgan fingerprint density at radius 3 is 2.51 bits per heavy atom. The van der Waals surface area contributed by atoms with Crippen LogP contribution in [0.2, 0.25) is 5.02 Å². The van der Waals surface area contributed by atoms with Gasteiger partial charge < -0.3 is 14.6 Å². The number of ether oxygens (including phenoxy) is 1. The second-order valence-corrected chi connectivity index (χ2v) is 13.8. The number of rotatable bonds is 11. The fraction of sp³-hybridized carbons (Fsp3) is 0.152. The average molecular weight is 661 g/mol. The van der Waals surface area contributed by atoms with Crippen molar-refractivity contribution in [1.82, 2.24) is 19.9 Å². The maximum atomic E-state index is 15.0. The number of amides is 1. The van der Waals surface area contributed by atoms with Crippen molar-refractivity contribution >= 4 is 65.8 Å². The molecule has 0 aliphatic heterocycles.